The highest BCUT2D eigenvalue weighted by Crippen LogP contribution is 2.46. The predicted octanol–water partition coefficient (Wildman–Crippen LogP) is 9.96. The van der Waals surface area contributed by atoms with Crippen molar-refractivity contribution in [2.45, 2.75) is 85.5 Å². The maximum Gasteiger partial charge on any atom is 0.256 e. The molecule has 0 spiro atoms. The number of fused-ring (bicyclic) bond motifs is 4. The quantitative estimate of drug-likeness (QED) is 0.181. The fraction of sp³-hybridized carbons (Fsp3) is 0.302. The van der Waals surface area contributed by atoms with Gasteiger partial charge in [0.25, 0.3) is 6.71 Å². The minimum atomic E-state index is -0.402. The summed E-state index contributed by atoms with van der Waals surface area (Å²) in [6, 6.07) is 22.3. The number of rotatable bonds is 2. The first-order valence-corrected chi connectivity index (χ1v) is 16.3. The molecule has 0 atom stereocenters. The molecule has 2 heterocycles. The number of hydrogen-bond donors (Lipinski definition) is 0. The molecule has 0 fully saturated rings. The lowest BCUT2D eigenvalue weighted by atomic mass is 9.33. The monoisotopic (exact) mass is 608 g/mol. The number of benzene rings is 5. The highest BCUT2D eigenvalue weighted by atomic mass is 16.5. The van der Waals surface area contributed by atoms with E-state index in [0.29, 0.717) is 5.56 Å². The molecule has 0 aliphatic carbocycles. The second kappa shape index (κ2) is 10.4. The topological polar surface area (TPSA) is 12.5 Å². The first-order chi connectivity index (χ1) is 23.7. The Kier molecular flexibility index (Phi) is 5.63. The zero-order valence-corrected chi connectivity index (χ0v) is 28.8. The molecule has 0 bridgehead atoms. The van der Waals surface area contributed by atoms with E-state index in [-0.39, 0.29) is 52.7 Å². The number of aryl methyl sites for hydroxylation is 1. The van der Waals surface area contributed by atoms with Crippen molar-refractivity contribution in [1.82, 2.24) is 0 Å². The van der Waals surface area contributed by atoms with Crippen LogP contribution >= 0.6 is 0 Å². The third-order valence-corrected chi connectivity index (χ3v) is 9.52. The van der Waals surface area contributed by atoms with Crippen LogP contribution in [0.5, 0.6) is 11.5 Å². The van der Waals surface area contributed by atoms with E-state index in [1.54, 1.807) is 0 Å². The van der Waals surface area contributed by atoms with Crippen molar-refractivity contribution in [1.29, 1.82) is 0 Å². The predicted molar refractivity (Wildman–Crippen MR) is 199 cm³/mol. The molecule has 0 unspecified atom stereocenters. The van der Waals surface area contributed by atoms with Crippen LogP contribution in [-0.2, 0) is 16.2 Å². The summed E-state index contributed by atoms with van der Waals surface area (Å²) in [5, 5.41) is 0. The van der Waals surface area contributed by atoms with Gasteiger partial charge >= 0.3 is 0 Å². The third kappa shape index (κ3) is 5.05. The molecular weight excluding hydrogens is 557 g/mol. The molecule has 5 aromatic carbocycles. The fourth-order valence-corrected chi connectivity index (χ4v) is 6.86. The summed E-state index contributed by atoms with van der Waals surface area (Å²) in [6.07, 6.45) is 0. The Hall–Kier alpha value is -4.24. The SMILES string of the molecule is [2H]c1c([2H])c([2H])c(-c2cc(C(C)(C)C)ccc2N2c3ccc(C(C)(C)C)cc3B3c4cc(C(C)(C)C)ccc4Oc4cc(C)cc2c43)c([2H])c1[2H]. The standard InChI is InChI=1S/C43H46BNO/c1-27-22-37-40-39(23-27)46-38-21-18-31(43(8,9)10)26-34(38)44(40)33-25-30(42(5,6)7)17-20-36(33)45(37)35-19-16-29(41(2,3)4)24-32(35)28-14-12-11-13-15-28/h11-26H,1-10H3/i11D,12D,13D,14D,15D. The zero-order chi connectivity index (χ0) is 37.1. The molecule has 0 N–H and O–H groups in total. The Bertz CT molecular complexity index is 2250. The first-order valence-electron chi connectivity index (χ1n) is 18.8. The Labute approximate surface area is 283 Å². The second-order valence-corrected chi connectivity index (χ2v) is 16.1. The summed E-state index contributed by atoms with van der Waals surface area (Å²) in [4.78, 5) is 2.23. The second-order valence-electron chi connectivity index (χ2n) is 16.1. The highest BCUT2D eigenvalue weighted by molar-refractivity contribution is 6.99. The molecule has 5 aromatic rings. The number of ether oxygens (including phenoxy) is 1. The van der Waals surface area contributed by atoms with Crippen LogP contribution in [0.4, 0.5) is 17.1 Å². The molecule has 7 rings (SSSR count). The molecule has 3 heteroatoms. The van der Waals surface area contributed by atoms with E-state index in [9.17, 15) is 0 Å². The Morgan fingerprint density at radius 1 is 0.587 bits per heavy atom. The van der Waals surface area contributed by atoms with E-state index in [0.717, 1.165) is 56.1 Å². The summed E-state index contributed by atoms with van der Waals surface area (Å²) in [7, 11) is 0. The van der Waals surface area contributed by atoms with Crippen molar-refractivity contribution in [3.8, 4) is 22.6 Å². The van der Waals surface area contributed by atoms with Crippen molar-refractivity contribution in [3.63, 3.8) is 0 Å². The van der Waals surface area contributed by atoms with Crippen molar-refractivity contribution >= 4 is 40.2 Å². The van der Waals surface area contributed by atoms with Gasteiger partial charge in [-0.25, -0.2) is 0 Å². The minimum absolute atomic E-state index is 0.0597. The average molecular weight is 609 g/mol. The number of nitrogens with zero attached hydrogens (tertiary/aromatic N) is 1. The zero-order valence-electron chi connectivity index (χ0n) is 33.8. The van der Waals surface area contributed by atoms with Gasteiger partial charge < -0.3 is 9.64 Å². The minimum Gasteiger partial charge on any atom is -0.458 e. The summed E-state index contributed by atoms with van der Waals surface area (Å²) in [5.74, 6) is 1.66. The van der Waals surface area contributed by atoms with Crippen molar-refractivity contribution in [2.75, 3.05) is 4.90 Å². The van der Waals surface area contributed by atoms with Gasteiger partial charge in [0.2, 0.25) is 0 Å². The van der Waals surface area contributed by atoms with Crippen LogP contribution in [0.2, 0.25) is 0 Å². The van der Waals surface area contributed by atoms with Gasteiger partial charge in [-0.3, -0.25) is 0 Å². The van der Waals surface area contributed by atoms with Gasteiger partial charge in [-0.2, -0.15) is 0 Å². The molecule has 2 aliphatic rings. The van der Waals surface area contributed by atoms with Gasteiger partial charge in [0.05, 0.1) is 12.5 Å². The van der Waals surface area contributed by atoms with Crippen LogP contribution in [0.15, 0.2) is 96.9 Å². The normalized spacial score (nSPS) is 15.5. The largest absolute Gasteiger partial charge is 0.458 e. The smallest absolute Gasteiger partial charge is 0.256 e. The van der Waals surface area contributed by atoms with E-state index in [4.69, 9.17) is 11.6 Å². The van der Waals surface area contributed by atoms with Crippen molar-refractivity contribution < 1.29 is 11.6 Å². The van der Waals surface area contributed by atoms with Gasteiger partial charge in [0.15, 0.2) is 0 Å². The van der Waals surface area contributed by atoms with Gasteiger partial charge in [-0.15, -0.1) is 0 Å². The van der Waals surface area contributed by atoms with Crippen LogP contribution < -0.4 is 26.0 Å². The van der Waals surface area contributed by atoms with E-state index in [1.807, 2.05) is 6.07 Å². The van der Waals surface area contributed by atoms with Crippen LogP contribution in [0, 0.1) is 6.92 Å². The Morgan fingerprint density at radius 3 is 1.78 bits per heavy atom. The maximum absolute atomic E-state index is 9.08. The summed E-state index contributed by atoms with van der Waals surface area (Å²) < 4.78 is 50.5. The van der Waals surface area contributed by atoms with E-state index >= 15 is 0 Å². The molecule has 0 saturated carbocycles. The molecular formula is C43H46BNO. The Morgan fingerprint density at radius 2 is 1.15 bits per heavy atom. The van der Waals surface area contributed by atoms with Gasteiger partial charge in [0.1, 0.15) is 11.5 Å². The number of hydrogen-bond acceptors (Lipinski definition) is 2. The molecule has 0 radical (unpaired) electrons. The van der Waals surface area contributed by atoms with Gasteiger partial charge in [-0.05, 0) is 104 Å². The fourth-order valence-electron chi connectivity index (χ4n) is 6.86. The van der Waals surface area contributed by atoms with Crippen molar-refractivity contribution in [2.24, 2.45) is 0 Å². The lowest BCUT2D eigenvalue weighted by Gasteiger charge is -2.42. The van der Waals surface area contributed by atoms with Gasteiger partial charge in [-0.1, -0.05) is 123 Å². The van der Waals surface area contributed by atoms with E-state index in [1.165, 1.54) is 11.1 Å². The van der Waals surface area contributed by atoms with Gasteiger partial charge in [0, 0.05) is 16.9 Å². The third-order valence-electron chi connectivity index (χ3n) is 9.52. The summed E-state index contributed by atoms with van der Waals surface area (Å²) in [6.45, 7) is 21.7. The lowest BCUT2D eigenvalue weighted by Crippen LogP contribution is -2.60. The molecule has 0 saturated heterocycles. The molecule has 232 valence electrons. The molecule has 0 aromatic heterocycles. The van der Waals surface area contributed by atoms with E-state index < -0.39 is 6.04 Å². The molecule has 46 heavy (non-hydrogen) atoms. The maximum atomic E-state index is 9.08. The lowest BCUT2D eigenvalue weighted by molar-refractivity contribution is 0.486. The highest BCUT2D eigenvalue weighted by Gasteiger charge is 2.43. The first kappa shape index (κ1) is 24.9. The van der Waals surface area contributed by atoms with Crippen LogP contribution in [0.1, 0.15) is 91.4 Å². The average Bonchev–Trinajstić information content (AvgIpc) is 3.04. The molecule has 2 aliphatic heterocycles. The van der Waals surface area contributed by atoms with Crippen LogP contribution in [0.3, 0.4) is 0 Å². The Balaban J connectivity index is 1.61. The van der Waals surface area contributed by atoms with Crippen LogP contribution in [-0.4, -0.2) is 6.71 Å². The van der Waals surface area contributed by atoms with Crippen molar-refractivity contribution in [3.05, 3.63) is 119 Å². The molecule has 2 nitrogen and oxygen atoms in total. The summed E-state index contributed by atoms with van der Waals surface area (Å²) >= 11 is 0. The van der Waals surface area contributed by atoms with Crippen LogP contribution in [0.25, 0.3) is 11.1 Å². The van der Waals surface area contributed by atoms with E-state index in [2.05, 4.69) is 135 Å². The summed E-state index contributed by atoms with van der Waals surface area (Å²) in [5.41, 5.74) is 10.9. The number of anilines is 3. The molecule has 0 amide bonds.